The van der Waals surface area contributed by atoms with Crippen LogP contribution in [0.15, 0.2) is 0 Å². The molecule has 0 amide bonds. The minimum Gasteiger partial charge on any atom is -0.328 e. The third-order valence-corrected chi connectivity index (χ3v) is 2.38. The van der Waals surface area contributed by atoms with Crippen molar-refractivity contribution in [3.63, 3.8) is 0 Å². The minimum atomic E-state index is -2.26. The molecule has 0 fully saturated rings. The van der Waals surface area contributed by atoms with Crippen LogP contribution in [0.3, 0.4) is 0 Å². The molecule has 0 aromatic carbocycles. The summed E-state index contributed by atoms with van der Waals surface area (Å²) in [6, 6.07) is -1.44. The lowest BCUT2D eigenvalue weighted by Crippen LogP contribution is -2.07. The van der Waals surface area contributed by atoms with Crippen molar-refractivity contribution < 1.29 is 19.2 Å². The van der Waals surface area contributed by atoms with E-state index < -0.39 is 19.4 Å². The molecule has 0 aromatic rings. The Balaban J connectivity index is 3.95. The van der Waals surface area contributed by atoms with Crippen molar-refractivity contribution in [2.45, 2.75) is 19.4 Å². The first-order valence-electron chi connectivity index (χ1n) is 2.83. The van der Waals surface area contributed by atoms with Gasteiger partial charge in [-0.3, -0.25) is 0 Å². The van der Waals surface area contributed by atoms with Gasteiger partial charge in [0.2, 0.25) is 0 Å². The second kappa shape index (κ2) is 4.50. The minimum absolute atomic E-state index is 0.162. The van der Waals surface area contributed by atoms with Gasteiger partial charge < -0.3 is 9.84 Å². The topological polar surface area (TPSA) is 63.6 Å². The number of hydrogen-bond acceptors (Lipinski definition) is 4. The molecule has 5 heteroatoms. The fourth-order valence-electron chi connectivity index (χ4n) is 0.375. The molecule has 2 atom stereocenters. The number of methoxy groups -OCH3 is 1. The number of aliphatic hydroxyl groups excluding tert-OH is 1. The van der Waals surface area contributed by atoms with Crippen molar-refractivity contribution in [2.24, 2.45) is 0 Å². The zero-order valence-electron chi connectivity index (χ0n) is 5.90. The second-order valence-corrected chi connectivity index (χ2v) is 3.23. The molecule has 1 N–H and O–H groups in total. The number of carbonyl (C=O) groups is 1. The Labute approximate surface area is 60.0 Å². The van der Waals surface area contributed by atoms with E-state index in [4.69, 9.17) is 5.11 Å². The number of carbonyl (C=O) groups excluding carboxylic acids is 1. The molecule has 0 bridgehead atoms. The van der Waals surface area contributed by atoms with Gasteiger partial charge in [0.25, 0.3) is 0 Å². The maximum Gasteiger partial charge on any atom is 0.477 e. The second-order valence-electron chi connectivity index (χ2n) is 1.64. The van der Waals surface area contributed by atoms with Gasteiger partial charge in [-0.15, -0.1) is 0 Å². The molecule has 0 aliphatic carbocycles. The first-order valence-corrected chi connectivity index (χ1v) is 4.16. The molecular weight excluding hydrogens is 155 g/mol. The highest BCUT2D eigenvalue weighted by molar-refractivity contribution is 7.63. The van der Waals surface area contributed by atoms with Crippen molar-refractivity contribution in [1.29, 1.82) is 0 Å². The molecule has 0 spiro atoms. The number of rotatable bonds is 4. The van der Waals surface area contributed by atoms with Gasteiger partial charge in [-0.05, 0) is 0 Å². The molecule has 0 rings (SSSR count). The average molecular weight is 165 g/mol. The van der Waals surface area contributed by atoms with Crippen LogP contribution in [0.4, 0.5) is 0 Å². The molecule has 0 radical (unpaired) electrons. The summed E-state index contributed by atoms with van der Waals surface area (Å²) in [4.78, 5) is 10.6. The van der Waals surface area contributed by atoms with Crippen molar-refractivity contribution in [1.82, 2.24) is 0 Å². The van der Waals surface area contributed by atoms with Gasteiger partial charge in [0.05, 0.1) is 6.42 Å². The van der Waals surface area contributed by atoms with E-state index in [2.05, 4.69) is 4.74 Å². The predicted octanol–water partition coefficient (Wildman–Crippen LogP) is 0.673. The fourth-order valence-corrected chi connectivity index (χ4v) is 1.12. The van der Waals surface area contributed by atoms with E-state index in [9.17, 15) is 9.36 Å². The van der Waals surface area contributed by atoms with Crippen LogP contribution in [0, 0.1) is 0 Å². The molecule has 0 saturated heterocycles. The summed E-state index contributed by atoms with van der Waals surface area (Å²) in [5.74, 6) is 0. The van der Waals surface area contributed by atoms with Crippen LogP contribution < -0.4 is 0 Å². The summed E-state index contributed by atoms with van der Waals surface area (Å²) in [7, 11) is -1.06. The fraction of sp³-hybridized carbons (Fsp3) is 0.800. The average Bonchev–Trinajstić information content (AvgIpc) is 2.00. The van der Waals surface area contributed by atoms with Gasteiger partial charge in [-0.1, -0.05) is 11.5 Å². The van der Waals surface area contributed by atoms with Gasteiger partial charge in [-0.2, -0.15) is 0 Å². The Kier molecular flexibility index (Phi) is 4.36. The third-order valence-electron chi connectivity index (χ3n) is 0.960. The SMILES string of the molecule is CCC(=O)[P+](=O)C(O)OC. The van der Waals surface area contributed by atoms with E-state index >= 15 is 0 Å². The van der Waals surface area contributed by atoms with E-state index in [-0.39, 0.29) is 6.42 Å². The highest BCUT2D eigenvalue weighted by atomic mass is 31.1. The van der Waals surface area contributed by atoms with Crippen LogP contribution in [-0.2, 0) is 14.1 Å². The molecule has 0 saturated carbocycles. The predicted molar refractivity (Wildman–Crippen MR) is 35.9 cm³/mol. The number of ether oxygens (including phenoxy) is 1. The van der Waals surface area contributed by atoms with Crippen LogP contribution in [0.5, 0.6) is 0 Å². The summed E-state index contributed by atoms with van der Waals surface area (Å²) in [5.41, 5.74) is -0.468. The van der Waals surface area contributed by atoms with Gasteiger partial charge >= 0.3 is 19.4 Å². The molecule has 0 heterocycles. The zero-order chi connectivity index (χ0) is 8.15. The first kappa shape index (κ1) is 9.69. The molecular formula is C5H10O4P+. The summed E-state index contributed by atoms with van der Waals surface area (Å²) in [5, 5.41) is 8.70. The first-order chi connectivity index (χ1) is 4.63. The van der Waals surface area contributed by atoms with Crippen LogP contribution in [0.2, 0.25) is 0 Å². The molecule has 0 aliphatic heterocycles. The maximum absolute atomic E-state index is 10.7. The Morgan fingerprint density at radius 3 is 2.60 bits per heavy atom. The summed E-state index contributed by atoms with van der Waals surface area (Å²) in [6.07, 6.45) is 0.162. The molecule has 2 unspecified atom stereocenters. The highest BCUT2D eigenvalue weighted by Crippen LogP contribution is 2.28. The van der Waals surface area contributed by atoms with Gasteiger partial charge in [0.1, 0.15) is 0 Å². The Morgan fingerprint density at radius 1 is 1.80 bits per heavy atom. The lowest BCUT2D eigenvalue weighted by atomic mass is 10.6. The number of aliphatic hydroxyl groups is 1. The molecule has 10 heavy (non-hydrogen) atoms. The monoisotopic (exact) mass is 165 g/mol. The molecule has 4 nitrogen and oxygen atoms in total. The molecule has 0 aliphatic rings. The highest BCUT2D eigenvalue weighted by Gasteiger charge is 2.35. The maximum atomic E-state index is 10.7. The van der Waals surface area contributed by atoms with Crippen LogP contribution >= 0.6 is 7.80 Å². The van der Waals surface area contributed by atoms with Crippen LogP contribution in [0.1, 0.15) is 13.3 Å². The zero-order valence-corrected chi connectivity index (χ0v) is 6.80. The van der Waals surface area contributed by atoms with Gasteiger partial charge in [0.15, 0.2) is 0 Å². The van der Waals surface area contributed by atoms with Crippen molar-refractivity contribution in [3.8, 4) is 0 Å². The van der Waals surface area contributed by atoms with E-state index in [1.165, 1.54) is 7.11 Å². The Hall–Kier alpha value is -0.310. The summed E-state index contributed by atoms with van der Waals surface area (Å²) >= 11 is 0. The van der Waals surface area contributed by atoms with Crippen molar-refractivity contribution in [2.75, 3.05) is 7.11 Å². The number of hydrogen-bond donors (Lipinski definition) is 1. The van der Waals surface area contributed by atoms with E-state index in [1.54, 1.807) is 6.92 Å². The van der Waals surface area contributed by atoms with Crippen LogP contribution in [0.25, 0.3) is 0 Å². The third kappa shape index (κ3) is 2.52. The molecule has 58 valence electrons. The van der Waals surface area contributed by atoms with E-state index in [0.29, 0.717) is 0 Å². The van der Waals surface area contributed by atoms with Gasteiger partial charge in [-0.25, -0.2) is 4.79 Å². The largest absolute Gasteiger partial charge is 0.477 e. The Bertz CT molecular complexity index is 145. The van der Waals surface area contributed by atoms with E-state index in [0.717, 1.165) is 0 Å². The summed E-state index contributed by atoms with van der Waals surface area (Å²) < 4.78 is 15.0. The lowest BCUT2D eigenvalue weighted by molar-refractivity contribution is -0.112. The van der Waals surface area contributed by atoms with Crippen LogP contribution in [-0.4, -0.2) is 23.8 Å². The quantitative estimate of drug-likeness (QED) is 0.491. The normalized spacial score (nSPS) is 14.5. The van der Waals surface area contributed by atoms with Crippen molar-refractivity contribution >= 4 is 13.3 Å². The standard InChI is InChI=1S/C5H10O4P/c1-3-4(6)10(8)5(7)9-2/h5,7H,3H2,1-2H3/q+1. The molecule has 0 aromatic heterocycles. The Morgan fingerprint density at radius 2 is 2.30 bits per heavy atom. The lowest BCUT2D eigenvalue weighted by Gasteiger charge is -1.92. The van der Waals surface area contributed by atoms with Crippen molar-refractivity contribution in [3.05, 3.63) is 0 Å². The van der Waals surface area contributed by atoms with Gasteiger partial charge in [0, 0.05) is 7.11 Å². The van der Waals surface area contributed by atoms with E-state index in [1.807, 2.05) is 0 Å². The smallest absolute Gasteiger partial charge is 0.328 e. The summed E-state index contributed by atoms with van der Waals surface area (Å²) in [6.45, 7) is 1.58.